The third-order valence-corrected chi connectivity index (χ3v) is 4.94. The number of aryl methyl sites for hydroxylation is 1. The van der Waals surface area contributed by atoms with E-state index in [1.165, 1.54) is 5.56 Å². The van der Waals surface area contributed by atoms with Gasteiger partial charge in [-0.15, -0.1) is 0 Å². The van der Waals surface area contributed by atoms with Gasteiger partial charge in [0.2, 0.25) is 0 Å². The van der Waals surface area contributed by atoms with E-state index in [0.29, 0.717) is 5.02 Å². The van der Waals surface area contributed by atoms with Gasteiger partial charge in [0.1, 0.15) is 0 Å². The Morgan fingerprint density at radius 3 is 2.23 bits per heavy atom. The standard InChI is InChI=1S/C22H30ClN3/c1-8-25(6)15-24-20-13-16(2)21(14-19(20)23)26(7)18-11-9-17(10-12-18)22(3,4)5/h9-15H,8H2,1-7H3. The van der Waals surface area contributed by atoms with Crippen LogP contribution in [0.3, 0.4) is 0 Å². The zero-order valence-electron chi connectivity index (χ0n) is 17.0. The van der Waals surface area contributed by atoms with Crippen LogP contribution in [0.2, 0.25) is 5.02 Å². The second-order valence-electron chi connectivity index (χ2n) is 7.76. The van der Waals surface area contributed by atoms with Crippen molar-refractivity contribution < 1.29 is 0 Å². The molecule has 0 unspecified atom stereocenters. The molecule has 0 aliphatic heterocycles. The maximum Gasteiger partial charge on any atom is 0.0910 e. The number of halogens is 1. The number of hydrogen-bond acceptors (Lipinski definition) is 2. The molecule has 2 aromatic carbocycles. The van der Waals surface area contributed by atoms with Crippen molar-refractivity contribution in [2.24, 2.45) is 4.99 Å². The summed E-state index contributed by atoms with van der Waals surface area (Å²) in [5.41, 5.74) is 5.64. The van der Waals surface area contributed by atoms with Crippen LogP contribution < -0.4 is 4.90 Å². The van der Waals surface area contributed by atoms with Crippen LogP contribution in [-0.2, 0) is 5.41 Å². The smallest absolute Gasteiger partial charge is 0.0910 e. The molecule has 140 valence electrons. The molecule has 0 amide bonds. The Morgan fingerprint density at radius 1 is 1.08 bits per heavy atom. The molecule has 3 nitrogen and oxygen atoms in total. The molecule has 0 radical (unpaired) electrons. The summed E-state index contributed by atoms with van der Waals surface area (Å²) in [4.78, 5) is 8.68. The number of benzene rings is 2. The minimum Gasteiger partial charge on any atom is -0.366 e. The number of rotatable bonds is 5. The maximum atomic E-state index is 6.49. The van der Waals surface area contributed by atoms with Crippen LogP contribution in [0.4, 0.5) is 17.1 Å². The summed E-state index contributed by atoms with van der Waals surface area (Å²) in [7, 11) is 4.06. The lowest BCUT2D eigenvalue weighted by molar-refractivity contribution is 0.552. The molecule has 0 spiro atoms. The zero-order valence-corrected chi connectivity index (χ0v) is 17.7. The first kappa shape index (κ1) is 20.3. The molecule has 0 aliphatic rings. The monoisotopic (exact) mass is 371 g/mol. The van der Waals surface area contributed by atoms with Gasteiger partial charge < -0.3 is 9.80 Å². The molecule has 0 saturated heterocycles. The quantitative estimate of drug-likeness (QED) is 0.452. The summed E-state index contributed by atoms with van der Waals surface area (Å²) < 4.78 is 0. The summed E-state index contributed by atoms with van der Waals surface area (Å²) in [6, 6.07) is 12.8. The van der Waals surface area contributed by atoms with Crippen LogP contribution in [0, 0.1) is 6.92 Å². The Kier molecular flexibility index (Phi) is 6.35. The third-order valence-electron chi connectivity index (χ3n) is 4.64. The number of nitrogens with zero attached hydrogens (tertiary/aromatic N) is 3. The van der Waals surface area contributed by atoms with Crippen LogP contribution in [0.1, 0.15) is 38.8 Å². The van der Waals surface area contributed by atoms with Gasteiger partial charge in [0.15, 0.2) is 0 Å². The minimum absolute atomic E-state index is 0.154. The van der Waals surface area contributed by atoms with Crippen molar-refractivity contribution in [1.82, 2.24) is 4.90 Å². The largest absolute Gasteiger partial charge is 0.366 e. The summed E-state index contributed by atoms with van der Waals surface area (Å²) in [6.45, 7) is 11.8. The van der Waals surface area contributed by atoms with Crippen LogP contribution in [0.5, 0.6) is 0 Å². The highest BCUT2D eigenvalue weighted by atomic mass is 35.5. The fourth-order valence-corrected chi connectivity index (χ4v) is 2.89. The molecule has 0 aromatic heterocycles. The van der Waals surface area contributed by atoms with E-state index in [1.807, 2.05) is 30.4 Å². The number of hydrogen-bond donors (Lipinski definition) is 0. The van der Waals surface area contributed by atoms with E-state index in [0.717, 1.165) is 29.2 Å². The number of anilines is 2. The lowest BCUT2D eigenvalue weighted by Crippen LogP contribution is -2.14. The second kappa shape index (κ2) is 8.13. The van der Waals surface area contributed by atoms with Gasteiger partial charge in [-0.2, -0.15) is 0 Å². The highest BCUT2D eigenvalue weighted by Gasteiger charge is 2.15. The normalized spacial score (nSPS) is 11.8. The predicted molar refractivity (Wildman–Crippen MR) is 116 cm³/mol. The van der Waals surface area contributed by atoms with Gasteiger partial charge in [-0.3, -0.25) is 0 Å². The Balaban J connectivity index is 2.30. The molecule has 0 bridgehead atoms. The summed E-state index contributed by atoms with van der Waals surface area (Å²) in [6.07, 6.45) is 1.81. The first-order chi connectivity index (χ1) is 12.1. The van der Waals surface area contributed by atoms with Gasteiger partial charge >= 0.3 is 0 Å². The van der Waals surface area contributed by atoms with E-state index in [2.05, 4.69) is 75.8 Å². The van der Waals surface area contributed by atoms with Crippen molar-refractivity contribution in [3.05, 3.63) is 52.5 Å². The molecule has 2 rings (SSSR count). The third kappa shape index (κ3) is 4.79. The Bertz CT molecular complexity index is 773. The molecule has 4 heteroatoms. The van der Waals surface area contributed by atoms with Crippen molar-refractivity contribution in [3.8, 4) is 0 Å². The lowest BCUT2D eigenvalue weighted by atomic mass is 9.87. The molecule has 26 heavy (non-hydrogen) atoms. The topological polar surface area (TPSA) is 18.8 Å². The highest BCUT2D eigenvalue weighted by Crippen LogP contribution is 2.36. The highest BCUT2D eigenvalue weighted by molar-refractivity contribution is 6.33. The summed E-state index contributed by atoms with van der Waals surface area (Å²) >= 11 is 6.49. The van der Waals surface area contributed by atoms with E-state index in [1.54, 1.807) is 0 Å². The van der Waals surface area contributed by atoms with Crippen molar-refractivity contribution in [3.63, 3.8) is 0 Å². The fourth-order valence-electron chi connectivity index (χ4n) is 2.68. The van der Waals surface area contributed by atoms with Crippen LogP contribution in [0.15, 0.2) is 41.4 Å². The molecule has 0 atom stereocenters. The van der Waals surface area contributed by atoms with E-state index < -0.39 is 0 Å². The van der Waals surface area contributed by atoms with Crippen LogP contribution in [0.25, 0.3) is 0 Å². The van der Waals surface area contributed by atoms with Gasteiger partial charge in [-0.05, 0) is 54.7 Å². The van der Waals surface area contributed by atoms with Crippen molar-refractivity contribution in [1.29, 1.82) is 0 Å². The van der Waals surface area contributed by atoms with Gasteiger partial charge in [0.05, 0.1) is 17.0 Å². The molecule has 2 aromatic rings. The first-order valence-corrected chi connectivity index (χ1v) is 9.40. The Labute approximate surface area is 163 Å². The van der Waals surface area contributed by atoms with E-state index in [4.69, 9.17) is 11.6 Å². The summed E-state index contributed by atoms with van der Waals surface area (Å²) in [5, 5.41) is 0.657. The fraction of sp³-hybridized carbons (Fsp3) is 0.409. The average molecular weight is 372 g/mol. The lowest BCUT2D eigenvalue weighted by Gasteiger charge is -2.24. The van der Waals surface area contributed by atoms with Gasteiger partial charge in [-0.1, -0.05) is 44.5 Å². The van der Waals surface area contributed by atoms with E-state index in [-0.39, 0.29) is 5.41 Å². The minimum atomic E-state index is 0.154. The zero-order chi connectivity index (χ0) is 19.5. The molecular formula is C22H30ClN3. The molecule has 0 N–H and O–H groups in total. The molecule has 0 fully saturated rings. The second-order valence-corrected chi connectivity index (χ2v) is 8.17. The van der Waals surface area contributed by atoms with Gasteiger partial charge in [0.25, 0.3) is 0 Å². The maximum absolute atomic E-state index is 6.49. The SMILES string of the molecule is CCN(C)C=Nc1cc(C)c(N(C)c2ccc(C(C)(C)C)cc2)cc1Cl. The average Bonchev–Trinajstić information content (AvgIpc) is 2.60. The van der Waals surface area contributed by atoms with Crippen LogP contribution >= 0.6 is 11.6 Å². The molecular weight excluding hydrogens is 342 g/mol. The van der Waals surface area contributed by atoms with E-state index in [9.17, 15) is 0 Å². The summed E-state index contributed by atoms with van der Waals surface area (Å²) in [5.74, 6) is 0. The molecule has 0 aliphatic carbocycles. The van der Waals surface area contributed by atoms with Crippen LogP contribution in [-0.4, -0.2) is 31.9 Å². The van der Waals surface area contributed by atoms with Crippen molar-refractivity contribution in [2.45, 2.75) is 40.0 Å². The first-order valence-electron chi connectivity index (χ1n) is 9.02. The van der Waals surface area contributed by atoms with Gasteiger partial charge in [0, 0.05) is 32.0 Å². The molecule has 0 heterocycles. The Hall–Kier alpha value is -2.00. The Morgan fingerprint density at radius 2 is 1.69 bits per heavy atom. The predicted octanol–water partition coefficient (Wildman–Crippen LogP) is 6.33. The molecule has 0 saturated carbocycles. The van der Waals surface area contributed by atoms with Crippen molar-refractivity contribution >= 4 is 35.0 Å². The van der Waals surface area contributed by atoms with E-state index >= 15 is 0 Å². The van der Waals surface area contributed by atoms with Gasteiger partial charge in [-0.25, -0.2) is 4.99 Å². The van der Waals surface area contributed by atoms with Crippen molar-refractivity contribution in [2.75, 3.05) is 25.5 Å². The number of aliphatic imine (C=N–C) groups is 1.